The number of hydrogen-bond acceptors (Lipinski definition) is 4. The Morgan fingerprint density at radius 1 is 1.44 bits per heavy atom. The summed E-state index contributed by atoms with van der Waals surface area (Å²) in [7, 11) is 1.85. The number of carbonyl (C=O) groups is 1. The average Bonchev–Trinajstić information content (AvgIpc) is 2.73. The third kappa shape index (κ3) is 2.56. The highest BCUT2D eigenvalue weighted by molar-refractivity contribution is 5.97. The quantitative estimate of drug-likeness (QED) is 0.772. The van der Waals surface area contributed by atoms with Crippen LogP contribution in [0.3, 0.4) is 0 Å². The molecule has 0 aliphatic carbocycles. The van der Waals surface area contributed by atoms with Gasteiger partial charge in [-0.05, 0) is 26.0 Å². The van der Waals surface area contributed by atoms with E-state index < -0.39 is 0 Å². The van der Waals surface area contributed by atoms with Gasteiger partial charge in [0.1, 0.15) is 18.7 Å². The molecule has 1 aromatic carbocycles. The zero-order chi connectivity index (χ0) is 13.1. The van der Waals surface area contributed by atoms with Crippen molar-refractivity contribution in [2.45, 2.75) is 20.5 Å². The lowest BCUT2D eigenvalue weighted by atomic mass is 10.1. The number of rotatable bonds is 4. The van der Waals surface area contributed by atoms with Gasteiger partial charge in [-0.2, -0.15) is 0 Å². The number of nitrogens with zero attached hydrogens (tertiary/aromatic N) is 3. The van der Waals surface area contributed by atoms with Gasteiger partial charge >= 0.3 is 0 Å². The van der Waals surface area contributed by atoms with Crippen molar-refractivity contribution < 1.29 is 9.53 Å². The molecule has 5 nitrogen and oxygen atoms in total. The van der Waals surface area contributed by atoms with E-state index >= 15 is 0 Å². The van der Waals surface area contributed by atoms with Gasteiger partial charge in [0.05, 0.1) is 5.56 Å². The molecule has 0 N–H and O–H groups in total. The Bertz CT molecular complexity index is 575. The molecule has 0 saturated heterocycles. The predicted molar refractivity (Wildman–Crippen MR) is 66.5 cm³/mol. The fourth-order valence-corrected chi connectivity index (χ4v) is 1.62. The predicted octanol–water partition coefficient (Wildman–Crippen LogP) is 1.91. The highest BCUT2D eigenvalue weighted by Crippen LogP contribution is 2.21. The van der Waals surface area contributed by atoms with E-state index in [1.54, 1.807) is 10.9 Å². The number of hydrogen-bond donors (Lipinski definition) is 0. The maximum atomic E-state index is 11.5. The van der Waals surface area contributed by atoms with E-state index in [-0.39, 0.29) is 5.78 Å². The first-order valence-corrected chi connectivity index (χ1v) is 5.65. The lowest BCUT2D eigenvalue weighted by Gasteiger charge is -2.10. The minimum absolute atomic E-state index is 0.00772. The van der Waals surface area contributed by atoms with Crippen LogP contribution in [0.1, 0.15) is 28.7 Å². The van der Waals surface area contributed by atoms with Gasteiger partial charge in [0.25, 0.3) is 0 Å². The SMILES string of the molecule is CC(=O)c1cc(C)ccc1OCc1nncn1C. The van der Waals surface area contributed by atoms with Crippen molar-refractivity contribution in [3.05, 3.63) is 41.5 Å². The van der Waals surface area contributed by atoms with Gasteiger partial charge in [-0.3, -0.25) is 4.79 Å². The van der Waals surface area contributed by atoms with Crippen molar-refractivity contribution in [2.24, 2.45) is 7.05 Å². The molecule has 0 aliphatic rings. The Morgan fingerprint density at radius 2 is 2.22 bits per heavy atom. The fourth-order valence-electron chi connectivity index (χ4n) is 1.62. The van der Waals surface area contributed by atoms with Gasteiger partial charge in [0.2, 0.25) is 0 Å². The Balaban J connectivity index is 2.19. The van der Waals surface area contributed by atoms with Crippen LogP contribution in [0, 0.1) is 6.92 Å². The van der Waals surface area contributed by atoms with Crippen LogP contribution in [-0.4, -0.2) is 20.5 Å². The summed E-state index contributed by atoms with van der Waals surface area (Å²) in [6.45, 7) is 3.77. The van der Waals surface area contributed by atoms with E-state index in [4.69, 9.17) is 4.74 Å². The summed E-state index contributed by atoms with van der Waals surface area (Å²) in [6.07, 6.45) is 1.61. The number of benzene rings is 1. The first-order chi connectivity index (χ1) is 8.58. The molecular weight excluding hydrogens is 230 g/mol. The molecule has 0 aliphatic heterocycles. The Hall–Kier alpha value is -2.17. The zero-order valence-electron chi connectivity index (χ0n) is 10.7. The summed E-state index contributed by atoms with van der Waals surface area (Å²) in [5.41, 5.74) is 1.63. The molecule has 2 aromatic rings. The van der Waals surface area contributed by atoms with E-state index in [9.17, 15) is 4.79 Å². The minimum atomic E-state index is -0.00772. The van der Waals surface area contributed by atoms with Crippen LogP contribution in [0.25, 0.3) is 0 Å². The number of carbonyl (C=O) groups excluding carboxylic acids is 1. The van der Waals surface area contributed by atoms with Crippen molar-refractivity contribution in [2.75, 3.05) is 0 Å². The summed E-state index contributed by atoms with van der Waals surface area (Å²) < 4.78 is 7.41. The second-order valence-electron chi connectivity index (χ2n) is 4.20. The maximum absolute atomic E-state index is 11.5. The molecule has 0 bridgehead atoms. The van der Waals surface area contributed by atoms with Crippen LogP contribution >= 0.6 is 0 Å². The number of ketones is 1. The molecule has 0 unspecified atom stereocenters. The third-order valence-electron chi connectivity index (χ3n) is 2.68. The molecule has 1 aromatic heterocycles. The molecule has 0 radical (unpaired) electrons. The lowest BCUT2D eigenvalue weighted by molar-refractivity contribution is 0.101. The first kappa shape index (κ1) is 12.3. The van der Waals surface area contributed by atoms with Gasteiger partial charge in [-0.25, -0.2) is 0 Å². The van der Waals surface area contributed by atoms with Crippen LogP contribution in [0.4, 0.5) is 0 Å². The number of aromatic nitrogens is 3. The zero-order valence-corrected chi connectivity index (χ0v) is 10.7. The summed E-state index contributed by atoms with van der Waals surface area (Å²) in [5, 5.41) is 7.70. The molecular formula is C13H15N3O2. The molecule has 2 rings (SSSR count). The highest BCUT2D eigenvalue weighted by atomic mass is 16.5. The second kappa shape index (κ2) is 5.00. The first-order valence-electron chi connectivity index (χ1n) is 5.65. The van der Waals surface area contributed by atoms with Gasteiger partial charge < -0.3 is 9.30 Å². The van der Waals surface area contributed by atoms with Crippen molar-refractivity contribution in [1.82, 2.24) is 14.8 Å². The third-order valence-corrected chi connectivity index (χ3v) is 2.68. The van der Waals surface area contributed by atoms with E-state index in [1.165, 1.54) is 6.92 Å². The second-order valence-corrected chi connectivity index (χ2v) is 4.20. The Morgan fingerprint density at radius 3 is 2.83 bits per heavy atom. The topological polar surface area (TPSA) is 57.0 Å². The average molecular weight is 245 g/mol. The largest absolute Gasteiger partial charge is 0.485 e. The van der Waals surface area contributed by atoms with E-state index in [2.05, 4.69) is 10.2 Å². The number of aryl methyl sites for hydroxylation is 2. The standard InChI is InChI=1S/C13H15N3O2/c1-9-4-5-12(11(6-9)10(2)17)18-7-13-15-14-8-16(13)3/h4-6,8H,7H2,1-3H3. The molecule has 18 heavy (non-hydrogen) atoms. The molecule has 5 heteroatoms. The Labute approximate surface area is 105 Å². The molecule has 0 amide bonds. The van der Waals surface area contributed by atoms with E-state index in [0.717, 1.165) is 5.56 Å². The molecule has 0 fully saturated rings. The van der Waals surface area contributed by atoms with Gasteiger partial charge in [0.15, 0.2) is 11.6 Å². The lowest BCUT2D eigenvalue weighted by Crippen LogP contribution is -2.06. The normalized spacial score (nSPS) is 10.4. The van der Waals surface area contributed by atoms with Crippen LogP contribution in [0.2, 0.25) is 0 Å². The van der Waals surface area contributed by atoms with Crippen molar-refractivity contribution in [1.29, 1.82) is 0 Å². The maximum Gasteiger partial charge on any atom is 0.170 e. The summed E-state index contributed by atoms with van der Waals surface area (Å²) in [6, 6.07) is 5.55. The van der Waals surface area contributed by atoms with Gasteiger partial charge in [-0.1, -0.05) is 11.6 Å². The minimum Gasteiger partial charge on any atom is -0.485 e. The van der Waals surface area contributed by atoms with Gasteiger partial charge in [-0.15, -0.1) is 10.2 Å². The highest BCUT2D eigenvalue weighted by Gasteiger charge is 2.10. The van der Waals surface area contributed by atoms with E-state index in [1.807, 2.05) is 32.2 Å². The van der Waals surface area contributed by atoms with Crippen LogP contribution in [-0.2, 0) is 13.7 Å². The smallest absolute Gasteiger partial charge is 0.170 e. The van der Waals surface area contributed by atoms with Crippen molar-refractivity contribution in [3.8, 4) is 5.75 Å². The monoisotopic (exact) mass is 245 g/mol. The van der Waals surface area contributed by atoms with Gasteiger partial charge in [0, 0.05) is 7.05 Å². The molecule has 1 heterocycles. The fraction of sp³-hybridized carbons (Fsp3) is 0.308. The summed E-state index contributed by atoms with van der Waals surface area (Å²) in [5.74, 6) is 1.29. The molecule has 94 valence electrons. The van der Waals surface area contributed by atoms with E-state index in [0.29, 0.717) is 23.7 Å². The Kier molecular flexibility index (Phi) is 3.41. The van der Waals surface area contributed by atoms with Crippen LogP contribution < -0.4 is 4.74 Å². The molecule has 0 spiro atoms. The van der Waals surface area contributed by atoms with Crippen molar-refractivity contribution in [3.63, 3.8) is 0 Å². The molecule has 0 atom stereocenters. The van der Waals surface area contributed by atoms with Crippen LogP contribution in [0.15, 0.2) is 24.5 Å². The summed E-state index contributed by atoms with van der Waals surface area (Å²) >= 11 is 0. The molecule has 0 saturated carbocycles. The summed E-state index contributed by atoms with van der Waals surface area (Å²) in [4.78, 5) is 11.5. The number of Topliss-reactive ketones (excluding diaryl/α,β-unsaturated/α-hetero) is 1. The number of ether oxygens (including phenoxy) is 1. The van der Waals surface area contributed by atoms with Crippen LogP contribution in [0.5, 0.6) is 5.75 Å². The van der Waals surface area contributed by atoms with Crippen molar-refractivity contribution >= 4 is 5.78 Å².